The molecule has 0 N–H and O–H groups in total. The van der Waals surface area contributed by atoms with E-state index < -0.39 is 0 Å². The molecular formula is C14H16O3. The van der Waals surface area contributed by atoms with Crippen LogP contribution in [0.1, 0.15) is 12.0 Å². The van der Waals surface area contributed by atoms with Crippen LogP contribution in [0.4, 0.5) is 0 Å². The van der Waals surface area contributed by atoms with Crippen molar-refractivity contribution >= 4 is 5.78 Å². The summed E-state index contributed by atoms with van der Waals surface area (Å²) in [6.07, 6.45) is 0.691. The Balaban J connectivity index is 1.46. The molecule has 1 saturated heterocycles. The average molecular weight is 232 g/mol. The molecule has 1 aromatic rings. The number of hydrogen-bond acceptors (Lipinski definition) is 3. The smallest absolute Gasteiger partial charge is 0.167 e. The third-order valence-corrected chi connectivity index (χ3v) is 3.50. The van der Waals surface area contributed by atoms with Crippen LogP contribution in [0.2, 0.25) is 0 Å². The van der Waals surface area contributed by atoms with Gasteiger partial charge < -0.3 is 9.47 Å². The number of benzene rings is 1. The van der Waals surface area contributed by atoms with Gasteiger partial charge in [0.1, 0.15) is 6.10 Å². The molecule has 2 fully saturated rings. The van der Waals surface area contributed by atoms with E-state index in [4.69, 9.17) is 9.47 Å². The fourth-order valence-electron chi connectivity index (χ4n) is 2.33. The second kappa shape index (κ2) is 4.59. The lowest BCUT2D eigenvalue weighted by Crippen LogP contribution is -2.35. The van der Waals surface area contributed by atoms with E-state index in [1.807, 2.05) is 30.3 Å². The molecule has 90 valence electrons. The predicted octanol–water partition coefficient (Wildman–Crippen LogP) is 1.81. The van der Waals surface area contributed by atoms with Gasteiger partial charge in [-0.3, -0.25) is 4.79 Å². The first kappa shape index (κ1) is 10.9. The standard InChI is InChI=1S/C14H16O3/c15-14-12-6-11(12)8-17-13(14)9-16-7-10-4-2-1-3-5-10/h1-5,11-13H,6-9H2/t11-,12-,13+/m1/s1. The van der Waals surface area contributed by atoms with Crippen LogP contribution in [0.3, 0.4) is 0 Å². The fourth-order valence-corrected chi connectivity index (χ4v) is 2.33. The van der Waals surface area contributed by atoms with Crippen molar-refractivity contribution in [3.8, 4) is 0 Å². The number of fused-ring (bicyclic) bond motifs is 1. The van der Waals surface area contributed by atoms with Gasteiger partial charge in [0.25, 0.3) is 0 Å². The van der Waals surface area contributed by atoms with Crippen LogP contribution in [0.15, 0.2) is 30.3 Å². The van der Waals surface area contributed by atoms with Crippen molar-refractivity contribution in [1.29, 1.82) is 0 Å². The zero-order valence-electron chi connectivity index (χ0n) is 9.67. The van der Waals surface area contributed by atoms with E-state index in [1.54, 1.807) is 0 Å². The maximum absolute atomic E-state index is 11.8. The Morgan fingerprint density at radius 2 is 2.12 bits per heavy atom. The van der Waals surface area contributed by atoms with E-state index in [0.717, 1.165) is 18.6 Å². The lowest BCUT2D eigenvalue weighted by molar-refractivity contribution is -0.142. The summed E-state index contributed by atoms with van der Waals surface area (Å²) in [6.45, 7) is 1.66. The molecule has 17 heavy (non-hydrogen) atoms. The first-order chi connectivity index (χ1) is 8.34. The first-order valence-electron chi connectivity index (χ1n) is 6.11. The van der Waals surface area contributed by atoms with Crippen LogP contribution in [0.25, 0.3) is 0 Å². The second-order valence-electron chi connectivity index (χ2n) is 4.83. The molecule has 1 aliphatic carbocycles. The Morgan fingerprint density at radius 1 is 1.29 bits per heavy atom. The summed E-state index contributed by atoms with van der Waals surface area (Å²) in [6, 6.07) is 9.97. The van der Waals surface area contributed by atoms with E-state index in [-0.39, 0.29) is 17.8 Å². The molecule has 3 atom stereocenters. The monoisotopic (exact) mass is 232 g/mol. The fraction of sp³-hybridized carbons (Fsp3) is 0.500. The molecule has 0 bridgehead atoms. The highest BCUT2D eigenvalue weighted by molar-refractivity contribution is 5.88. The van der Waals surface area contributed by atoms with E-state index in [0.29, 0.717) is 19.1 Å². The van der Waals surface area contributed by atoms with E-state index >= 15 is 0 Å². The molecular weight excluding hydrogens is 216 g/mol. The summed E-state index contributed by atoms with van der Waals surface area (Å²) >= 11 is 0. The van der Waals surface area contributed by atoms with Crippen LogP contribution in [0.5, 0.6) is 0 Å². The van der Waals surface area contributed by atoms with Gasteiger partial charge in [-0.2, -0.15) is 0 Å². The third kappa shape index (κ3) is 2.40. The quantitative estimate of drug-likeness (QED) is 0.794. The van der Waals surface area contributed by atoms with Gasteiger partial charge >= 0.3 is 0 Å². The lowest BCUT2D eigenvalue weighted by atomic mass is 10.1. The van der Waals surface area contributed by atoms with E-state index in [2.05, 4.69) is 0 Å². The zero-order valence-corrected chi connectivity index (χ0v) is 9.67. The Morgan fingerprint density at radius 3 is 2.94 bits per heavy atom. The molecule has 3 heteroatoms. The van der Waals surface area contributed by atoms with Crippen molar-refractivity contribution in [2.45, 2.75) is 19.1 Å². The Labute approximate surface area is 101 Å². The van der Waals surface area contributed by atoms with E-state index in [1.165, 1.54) is 0 Å². The molecule has 1 saturated carbocycles. The van der Waals surface area contributed by atoms with Crippen LogP contribution in [-0.2, 0) is 20.9 Å². The lowest BCUT2D eigenvalue weighted by Gasteiger charge is -2.20. The van der Waals surface area contributed by atoms with Crippen molar-refractivity contribution in [2.75, 3.05) is 13.2 Å². The molecule has 0 amide bonds. The molecule has 0 spiro atoms. The van der Waals surface area contributed by atoms with Gasteiger partial charge in [0, 0.05) is 5.92 Å². The zero-order chi connectivity index (χ0) is 11.7. The molecule has 0 unspecified atom stereocenters. The van der Waals surface area contributed by atoms with Crippen molar-refractivity contribution in [3.05, 3.63) is 35.9 Å². The number of Topliss-reactive ketones (excluding diaryl/α,β-unsaturated/α-hetero) is 1. The van der Waals surface area contributed by atoms with Gasteiger partial charge in [-0.1, -0.05) is 30.3 Å². The maximum atomic E-state index is 11.8. The van der Waals surface area contributed by atoms with Gasteiger partial charge in [0.15, 0.2) is 5.78 Å². The molecule has 2 aliphatic rings. The Kier molecular flexibility index (Phi) is 2.95. The van der Waals surface area contributed by atoms with Gasteiger partial charge in [0.2, 0.25) is 0 Å². The molecule has 0 aromatic heterocycles. The number of ketones is 1. The molecule has 3 rings (SSSR count). The highest BCUT2D eigenvalue weighted by atomic mass is 16.5. The van der Waals surface area contributed by atoms with Gasteiger partial charge in [0.05, 0.1) is 19.8 Å². The maximum Gasteiger partial charge on any atom is 0.167 e. The number of hydrogen-bond donors (Lipinski definition) is 0. The Bertz CT molecular complexity index is 401. The second-order valence-corrected chi connectivity index (χ2v) is 4.83. The minimum absolute atomic E-state index is 0.245. The minimum atomic E-state index is -0.331. The molecule has 0 radical (unpaired) electrons. The average Bonchev–Trinajstić information content (AvgIpc) is 3.14. The van der Waals surface area contributed by atoms with Crippen LogP contribution >= 0.6 is 0 Å². The summed E-state index contributed by atoms with van der Waals surface area (Å²) in [4.78, 5) is 11.8. The van der Waals surface area contributed by atoms with Gasteiger partial charge in [-0.05, 0) is 17.9 Å². The van der Waals surface area contributed by atoms with Crippen LogP contribution in [-0.4, -0.2) is 25.1 Å². The summed E-state index contributed by atoms with van der Waals surface area (Å²) in [5.74, 6) is 1.02. The molecule has 1 aliphatic heterocycles. The van der Waals surface area contributed by atoms with Crippen LogP contribution in [0, 0.1) is 11.8 Å². The third-order valence-electron chi connectivity index (χ3n) is 3.50. The molecule has 3 nitrogen and oxygen atoms in total. The van der Waals surface area contributed by atoms with Gasteiger partial charge in [-0.25, -0.2) is 0 Å². The number of carbonyl (C=O) groups is 1. The van der Waals surface area contributed by atoms with Gasteiger partial charge in [-0.15, -0.1) is 0 Å². The number of carbonyl (C=O) groups excluding carboxylic acids is 1. The van der Waals surface area contributed by atoms with Crippen molar-refractivity contribution in [1.82, 2.24) is 0 Å². The molecule has 1 aromatic carbocycles. The van der Waals surface area contributed by atoms with Crippen molar-refractivity contribution in [2.24, 2.45) is 11.8 Å². The normalized spacial score (nSPS) is 31.1. The highest BCUT2D eigenvalue weighted by Crippen LogP contribution is 2.43. The summed E-state index contributed by atoms with van der Waals surface area (Å²) in [7, 11) is 0. The minimum Gasteiger partial charge on any atom is -0.374 e. The summed E-state index contributed by atoms with van der Waals surface area (Å²) in [5.41, 5.74) is 1.13. The Hall–Kier alpha value is -1.19. The first-order valence-corrected chi connectivity index (χ1v) is 6.11. The predicted molar refractivity (Wildman–Crippen MR) is 62.4 cm³/mol. The van der Waals surface area contributed by atoms with Crippen molar-refractivity contribution < 1.29 is 14.3 Å². The van der Waals surface area contributed by atoms with Crippen LogP contribution < -0.4 is 0 Å². The number of rotatable bonds is 4. The summed E-state index contributed by atoms with van der Waals surface area (Å²) < 4.78 is 11.1. The van der Waals surface area contributed by atoms with E-state index in [9.17, 15) is 4.79 Å². The largest absolute Gasteiger partial charge is 0.374 e. The summed E-state index contributed by atoms with van der Waals surface area (Å²) in [5, 5.41) is 0. The van der Waals surface area contributed by atoms with Crippen molar-refractivity contribution in [3.63, 3.8) is 0 Å². The highest BCUT2D eigenvalue weighted by Gasteiger charge is 2.49. The molecule has 1 heterocycles. The SMILES string of the molecule is O=C1[C@H](COCc2ccccc2)OC[C@H]2C[C@@H]12. The topological polar surface area (TPSA) is 35.5 Å². The number of ether oxygens (including phenoxy) is 2.